The number of nitrogens with one attached hydrogen (secondary N) is 1. The van der Waals surface area contributed by atoms with Crippen molar-refractivity contribution in [3.8, 4) is 0 Å². The predicted octanol–water partition coefficient (Wildman–Crippen LogP) is 1.55. The van der Waals surface area contributed by atoms with E-state index < -0.39 is 0 Å². The third-order valence-corrected chi connectivity index (χ3v) is 4.69. The van der Waals surface area contributed by atoms with E-state index in [9.17, 15) is 9.59 Å². The van der Waals surface area contributed by atoms with Crippen molar-refractivity contribution in [2.75, 3.05) is 16.0 Å². The first-order valence-corrected chi connectivity index (χ1v) is 8.68. The third kappa shape index (κ3) is 3.25. The molecule has 3 rings (SSSR count). The molecule has 9 heteroatoms. The molecule has 1 aromatic carbocycles. The number of carbonyl (C=O) groups is 2. The Hall–Kier alpha value is -2.42. The molecular formula is C15H18N6O2S. The largest absolute Gasteiger partial charge is 0.324 e. The highest BCUT2D eigenvalue weighted by Gasteiger charge is 2.29. The molecule has 0 radical (unpaired) electrons. The van der Waals surface area contributed by atoms with Crippen molar-refractivity contribution in [3.05, 3.63) is 24.3 Å². The van der Waals surface area contributed by atoms with Crippen LogP contribution in [0.25, 0.3) is 0 Å². The summed E-state index contributed by atoms with van der Waals surface area (Å²) in [5.74, 6) is 0.0303. The highest BCUT2D eigenvalue weighted by atomic mass is 32.2. The molecule has 0 saturated heterocycles. The summed E-state index contributed by atoms with van der Waals surface area (Å²) in [5.41, 5.74) is 1.38. The lowest BCUT2D eigenvalue weighted by atomic mass is 10.2. The van der Waals surface area contributed by atoms with E-state index in [2.05, 4.69) is 20.8 Å². The highest BCUT2D eigenvalue weighted by Crippen LogP contribution is 2.32. The average Bonchev–Trinajstić information content (AvgIpc) is 2.97. The molecular weight excluding hydrogens is 328 g/mol. The van der Waals surface area contributed by atoms with Crippen LogP contribution in [0.1, 0.15) is 20.3 Å². The van der Waals surface area contributed by atoms with Crippen LogP contribution in [0, 0.1) is 0 Å². The zero-order chi connectivity index (χ0) is 17.1. The molecule has 0 aliphatic carbocycles. The van der Waals surface area contributed by atoms with E-state index in [-0.39, 0.29) is 30.0 Å². The van der Waals surface area contributed by atoms with Crippen molar-refractivity contribution in [2.45, 2.75) is 38.0 Å². The number of aromatic nitrogens is 4. The first kappa shape index (κ1) is 16.4. The molecule has 24 heavy (non-hydrogen) atoms. The number of carbonyl (C=O) groups excluding carboxylic acids is 2. The number of amides is 2. The Balaban J connectivity index is 1.81. The molecule has 0 fully saturated rings. The fourth-order valence-electron chi connectivity index (χ4n) is 2.66. The second kappa shape index (κ2) is 7.00. The Labute approximate surface area is 143 Å². The Kier molecular flexibility index (Phi) is 4.79. The van der Waals surface area contributed by atoms with Gasteiger partial charge in [0.1, 0.15) is 0 Å². The molecule has 1 aliphatic rings. The van der Waals surface area contributed by atoms with Gasteiger partial charge in [0.05, 0.1) is 17.1 Å². The van der Waals surface area contributed by atoms with Gasteiger partial charge in [-0.2, -0.15) is 0 Å². The number of nitrogens with zero attached hydrogens (tertiary/aromatic N) is 5. The first-order valence-electron chi connectivity index (χ1n) is 7.70. The summed E-state index contributed by atoms with van der Waals surface area (Å²) in [4.78, 5) is 26.5. The average molecular weight is 346 g/mol. The van der Waals surface area contributed by atoms with Crippen molar-refractivity contribution in [1.29, 1.82) is 0 Å². The van der Waals surface area contributed by atoms with Crippen LogP contribution >= 0.6 is 11.8 Å². The minimum atomic E-state index is -0.219. The number of aryl methyl sites for hydroxylation is 1. The van der Waals surface area contributed by atoms with Crippen molar-refractivity contribution in [3.63, 3.8) is 0 Å². The van der Waals surface area contributed by atoms with E-state index in [0.717, 1.165) is 5.69 Å². The van der Waals surface area contributed by atoms with Gasteiger partial charge in [0.15, 0.2) is 0 Å². The Morgan fingerprint density at radius 2 is 2.21 bits per heavy atom. The summed E-state index contributed by atoms with van der Waals surface area (Å²) in [5, 5.41) is 14.9. The second-order valence-corrected chi connectivity index (χ2v) is 6.39. The SMILES string of the molecule is CCn1nnnc1SCC(=O)N1c2ccccc2NC(=O)C[C@H]1C. The van der Waals surface area contributed by atoms with Crippen LogP contribution in [0.2, 0.25) is 0 Å². The van der Waals surface area contributed by atoms with Crippen molar-refractivity contribution < 1.29 is 9.59 Å². The van der Waals surface area contributed by atoms with Crippen LogP contribution in [-0.2, 0) is 16.1 Å². The second-order valence-electron chi connectivity index (χ2n) is 5.45. The van der Waals surface area contributed by atoms with Crippen molar-refractivity contribution >= 4 is 35.0 Å². The van der Waals surface area contributed by atoms with E-state index in [1.54, 1.807) is 15.6 Å². The molecule has 0 bridgehead atoms. The van der Waals surface area contributed by atoms with Crippen molar-refractivity contribution in [2.24, 2.45) is 0 Å². The quantitative estimate of drug-likeness (QED) is 0.844. The number of para-hydroxylation sites is 2. The van der Waals surface area contributed by atoms with E-state index in [1.807, 2.05) is 32.0 Å². The Morgan fingerprint density at radius 1 is 1.42 bits per heavy atom. The van der Waals surface area contributed by atoms with Crippen LogP contribution in [-0.4, -0.2) is 43.8 Å². The van der Waals surface area contributed by atoms with Gasteiger partial charge >= 0.3 is 0 Å². The van der Waals surface area contributed by atoms with Crippen LogP contribution in [0.3, 0.4) is 0 Å². The van der Waals surface area contributed by atoms with Gasteiger partial charge in [0, 0.05) is 19.0 Å². The van der Waals surface area contributed by atoms with Crippen LogP contribution in [0.4, 0.5) is 11.4 Å². The molecule has 1 aromatic heterocycles. The van der Waals surface area contributed by atoms with Gasteiger partial charge in [-0.25, -0.2) is 4.68 Å². The molecule has 1 atom stereocenters. The smallest absolute Gasteiger partial charge is 0.237 e. The summed E-state index contributed by atoms with van der Waals surface area (Å²) in [7, 11) is 0. The van der Waals surface area contributed by atoms with Gasteiger partial charge in [-0.1, -0.05) is 23.9 Å². The molecule has 1 aliphatic heterocycles. The number of anilines is 2. The first-order chi connectivity index (χ1) is 11.6. The van der Waals surface area contributed by atoms with Gasteiger partial charge in [-0.05, 0) is 36.4 Å². The monoisotopic (exact) mass is 346 g/mol. The van der Waals surface area contributed by atoms with Crippen molar-refractivity contribution in [1.82, 2.24) is 20.2 Å². The maximum absolute atomic E-state index is 12.8. The van der Waals surface area contributed by atoms with Gasteiger partial charge < -0.3 is 10.2 Å². The minimum absolute atomic E-state index is 0.0814. The van der Waals surface area contributed by atoms with Gasteiger partial charge in [0.25, 0.3) is 0 Å². The van der Waals surface area contributed by atoms with E-state index in [0.29, 0.717) is 17.4 Å². The molecule has 0 unspecified atom stereocenters. The molecule has 2 aromatic rings. The third-order valence-electron chi connectivity index (χ3n) is 3.75. The fourth-order valence-corrected chi connectivity index (χ4v) is 3.46. The lowest BCUT2D eigenvalue weighted by Crippen LogP contribution is -2.40. The minimum Gasteiger partial charge on any atom is -0.324 e. The summed E-state index contributed by atoms with van der Waals surface area (Å²) in [6.45, 7) is 4.46. The standard InChI is InChI=1S/C15H18N6O2S/c1-3-20-15(17-18-19-20)24-9-14(23)21-10(2)8-13(22)16-11-6-4-5-7-12(11)21/h4-7,10H,3,8-9H2,1-2H3,(H,16,22)/t10-/m1/s1. The molecule has 0 saturated carbocycles. The molecule has 2 heterocycles. The number of fused-ring (bicyclic) bond motifs is 1. The molecule has 126 valence electrons. The number of hydrogen-bond acceptors (Lipinski definition) is 6. The zero-order valence-corrected chi connectivity index (χ0v) is 14.3. The van der Waals surface area contributed by atoms with Crippen LogP contribution < -0.4 is 10.2 Å². The topological polar surface area (TPSA) is 93.0 Å². The number of hydrogen-bond donors (Lipinski definition) is 1. The maximum atomic E-state index is 12.8. The van der Waals surface area contributed by atoms with Crippen LogP contribution in [0.5, 0.6) is 0 Å². The summed E-state index contributed by atoms with van der Waals surface area (Å²) in [6, 6.07) is 7.12. The fraction of sp³-hybridized carbons (Fsp3) is 0.400. The summed E-state index contributed by atoms with van der Waals surface area (Å²) in [6.07, 6.45) is 0.262. The summed E-state index contributed by atoms with van der Waals surface area (Å²) >= 11 is 1.29. The van der Waals surface area contributed by atoms with Gasteiger partial charge in [-0.3, -0.25) is 9.59 Å². The van der Waals surface area contributed by atoms with Gasteiger partial charge in [0.2, 0.25) is 17.0 Å². The number of rotatable bonds is 4. The van der Waals surface area contributed by atoms with Gasteiger partial charge in [-0.15, -0.1) is 5.10 Å². The normalized spacial score (nSPS) is 17.2. The van der Waals surface area contributed by atoms with E-state index >= 15 is 0 Å². The highest BCUT2D eigenvalue weighted by molar-refractivity contribution is 7.99. The van der Waals surface area contributed by atoms with E-state index in [1.165, 1.54) is 11.8 Å². The molecule has 0 spiro atoms. The lowest BCUT2D eigenvalue weighted by Gasteiger charge is -2.27. The molecule has 1 N–H and O–H groups in total. The molecule has 8 nitrogen and oxygen atoms in total. The maximum Gasteiger partial charge on any atom is 0.237 e. The predicted molar refractivity (Wildman–Crippen MR) is 90.9 cm³/mol. The van der Waals surface area contributed by atoms with E-state index in [4.69, 9.17) is 0 Å². The lowest BCUT2D eigenvalue weighted by molar-refractivity contribution is -0.117. The Morgan fingerprint density at radius 3 is 3.00 bits per heavy atom. The molecule has 2 amide bonds. The summed E-state index contributed by atoms with van der Waals surface area (Å²) < 4.78 is 1.64. The number of benzene rings is 1. The van der Waals surface area contributed by atoms with Crippen LogP contribution in [0.15, 0.2) is 29.4 Å². The Bertz CT molecular complexity index is 762. The number of thioether (sulfide) groups is 1. The zero-order valence-electron chi connectivity index (χ0n) is 13.5. The number of tetrazole rings is 1.